The van der Waals surface area contributed by atoms with Crippen LogP contribution in [0.3, 0.4) is 0 Å². The number of ether oxygens (including phenoxy) is 8. The molecule has 0 bridgehead atoms. The zero-order chi connectivity index (χ0) is 64.2. The van der Waals surface area contributed by atoms with E-state index in [2.05, 4.69) is 16.0 Å². The lowest BCUT2D eigenvalue weighted by Crippen LogP contribution is -2.51. The number of hydrogen-bond donors (Lipinski definition) is 3. The van der Waals surface area contributed by atoms with Crippen molar-refractivity contribution in [1.29, 1.82) is 0 Å². The maximum absolute atomic E-state index is 14.0. The van der Waals surface area contributed by atoms with E-state index in [0.717, 1.165) is 11.1 Å². The van der Waals surface area contributed by atoms with Gasteiger partial charge in [0.25, 0.3) is 0 Å². The van der Waals surface area contributed by atoms with E-state index >= 15 is 0 Å². The van der Waals surface area contributed by atoms with Crippen LogP contribution in [0, 0.1) is 29.1 Å². The van der Waals surface area contributed by atoms with Gasteiger partial charge in [0.2, 0.25) is 23.6 Å². The lowest BCUT2D eigenvalue weighted by molar-refractivity contribution is -0.179. The van der Waals surface area contributed by atoms with E-state index in [0.29, 0.717) is 62.2 Å². The van der Waals surface area contributed by atoms with E-state index in [1.165, 1.54) is 18.1 Å². The van der Waals surface area contributed by atoms with Gasteiger partial charge in [0.05, 0.1) is 82.4 Å². The highest BCUT2D eigenvalue weighted by atomic mass is 35.5. The Labute approximate surface area is 518 Å². The number of carbonyl (C=O) groups excluding carboxylic acids is 9. The van der Waals surface area contributed by atoms with Crippen molar-refractivity contribution < 1.29 is 81.0 Å². The largest absolute Gasteiger partial charge is 0.495 e. The Kier molecular flexibility index (Phi) is 31.8. The predicted molar refractivity (Wildman–Crippen MR) is 326 cm³/mol. The molecule has 21 nitrogen and oxygen atoms in total. The Morgan fingerprint density at radius 1 is 0.793 bits per heavy atom. The minimum atomic E-state index is -1.28. The monoisotopic (exact) mass is 1240 g/mol. The van der Waals surface area contributed by atoms with E-state index in [1.54, 1.807) is 59.1 Å². The van der Waals surface area contributed by atoms with Crippen molar-refractivity contribution in [3.63, 3.8) is 0 Å². The summed E-state index contributed by atoms with van der Waals surface area (Å²) in [6.07, 6.45) is 1.34. The molecule has 8 atom stereocenters. The molecule has 4 rings (SSSR count). The second-order valence-electron chi connectivity index (χ2n) is 23.7. The van der Waals surface area contributed by atoms with Crippen molar-refractivity contribution in [2.45, 2.75) is 163 Å². The number of nitrogens with one attached hydrogen (secondary N) is 3. The van der Waals surface area contributed by atoms with Crippen molar-refractivity contribution in [3.05, 3.63) is 76.3 Å². The average molecular weight is 1240 g/mol. The SMILES string of the molecule is CCC(=O)CCN(CCC(=O)C[C@H](C(=O)N[C@@H](C)C(=O)CCc1ccc([C@H]2O[C@@H]2[C@@H](C)[C@@H]2C/C=C/C(=O)N[C@H](Cc3ccc(OC)c(Cl)c3)C(=O)NCC(C)(C)C(=O)O[C@@H](CC(C)C)C(=O)O2)cc1)C(C)C)C(=O)CCOCCOCCOCCOC. The van der Waals surface area contributed by atoms with E-state index < -0.39 is 77.3 Å². The fourth-order valence-corrected chi connectivity index (χ4v) is 9.90. The van der Waals surface area contributed by atoms with Gasteiger partial charge in [0, 0.05) is 83.5 Å². The number of halogens is 1. The third-order valence-corrected chi connectivity index (χ3v) is 15.7. The highest BCUT2D eigenvalue weighted by Gasteiger charge is 2.48. The molecular weight excluding hydrogens is 1140 g/mol. The molecule has 0 saturated carbocycles. The summed E-state index contributed by atoms with van der Waals surface area (Å²) >= 11 is 6.39. The van der Waals surface area contributed by atoms with Gasteiger partial charge in [-0.25, -0.2) is 4.79 Å². The van der Waals surface area contributed by atoms with Crippen molar-refractivity contribution in [2.24, 2.45) is 29.1 Å². The maximum atomic E-state index is 14.0. The highest BCUT2D eigenvalue weighted by molar-refractivity contribution is 6.32. The van der Waals surface area contributed by atoms with Crippen LogP contribution < -0.4 is 20.7 Å². The Morgan fingerprint density at radius 2 is 1.43 bits per heavy atom. The number of carbonyl (C=O) groups is 9. The van der Waals surface area contributed by atoms with Crippen molar-refractivity contribution >= 4 is 64.5 Å². The quantitative estimate of drug-likeness (QED) is 0.0351. The van der Waals surface area contributed by atoms with Gasteiger partial charge in [-0.1, -0.05) is 89.6 Å². The average Bonchev–Trinajstić information content (AvgIpc) is 1.91. The molecule has 0 radical (unpaired) electrons. The zero-order valence-electron chi connectivity index (χ0n) is 52.9. The van der Waals surface area contributed by atoms with Crippen LogP contribution in [-0.2, 0) is 89.2 Å². The molecule has 1 fully saturated rings. The molecule has 87 heavy (non-hydrogen) atoms. The van der Waals surface area contributed by atoms with Crippen LogP contribution in [0.25, 0.3) is 0 Å². The van der Waals surface area contributed by atoms with Crippen LogP contribution in [0.15, 0.2) is 54.6 Å². The van der Waals surface area contributed by atoms with Crippen molar-refractivity contribution in [1.82, 2.24) is 20.9 Å². The molecule has 2 heterocycles. The molecule has 3 N–H and O–H groups in total. The number of amides is 4. The van der Waals surface area contributed by atoms with Gasteiger partial charge in [-0.3, -0.25) is 38.4 Å². The molecule has 22 heteroatoms. The summed E-state index contributed by atoms with van der Waals surface area (Å²) in [4.78, 5) is 122. The Hall–Kier alpha value is -6.10. The summed E-state index contributed by atoms with van der Waals surface area (Å²) in [7, 11) is 3.09. The number of aryl methyl sites for hydroxylation is 1. The van der Waals surface area contributed by atoms with E-state index in [4.69, 9.17) is 49.5 Å². The number of hydrogen-bond acceptors (Lipinski definition) is 17. The summed E-state index contributed by atoms with van der Waals surface area (Å²) in [6, 6.07) is 10.8. The van der Waals surface area contributed by atoms with Crippen LogP contribution in [0.4, 0.5) is 0 Å². The maximum Gasteiger partial charge on any atom is 0.347 e. The fourth-order valence-electron chi connectivity index (χ4n) is 9.62. The van der Waals surface area contributed by atoms with Gasteiger partial charge >= 0.3 is 11.9 Å². The van der Waals surface area contributed by atoms with Crippen molar-refractivity contribution in [2.75, 3.05) is 80.1 Å². The Bertz CT molecular complexity index is 2610. The molecular formula is C65H95ClN4O17. The molecule has 0 unspecified atom stereocenters. The Morgan fingerprint density at radius 3 is 2.03 bits per heavy atom. The molecule has 2 aromatic carbocycles. The van der Waals surface area contributed by atoms with Crippen LogP contribution in [0.5, 0.6) is 5.75 Å². The number of epoxide rings is 1. The predicted octanol–water partition coefficient (Wildman–Crippen LogP) is 7.04. The van der Waals surface area contributed by atoms with Gasteiger partial charge in [0.15, 0.2) is 11.9 Å². The molecule has 0 aliphatic carbocycles. The standard InChI is InChI=1S/C65H95ClN4O17/c1-12-48(71)24-27-70(58(75)26-29-82-32-33-84-35-34-83-31-30-80-10)28-25-49(72)39-50(42(4)5)61(76)68-44(7)53(73)22-18-45-16-20-47(21-17-45)60-59(87-60)43(6)54-14-13-15-57(74)69-52(38-46-19-23-55(81-11)51(66)37-46)62(77)67-40-65(8,9)64(79)86-56(36-41(2)3)63(78)85-54/h13,15-17,19-21,23,37,41-44,50,52,54,56,59-60H,12,14,18,22,24-36,38-40H2,1-11H3,(H,67,77)(H,68,76)(H,69,74)/b15-13+/t43-,44-,50-,52+,54-,56-,59+,60+/m0/s1. The lowest BCUT2D eigenvalue weighted by Gasteiger charge is -2.29. The second kappa shape index (κ2) is 37.7. The minimum absolute atomic E-state index is 0.00494. The molecule has 2 aliphatic heterocycles. The molecule has 1 saturated heterocycles. The van der Waals surface area contributed by atoms with E-state index in [-0.39, 0.29) is 125 Å². The number of nitrogens with zero attached hydrogens (tertiary/aromatic N) is 1. The second-order valence-corrected chi connectivity index (χ2v) is 24.1. The number of methoxy groups -OCH3 is 2. The number of cyclic esters (lactones) is 2. The third kappa shape index (κ3) is 25.9. The first kappa shape index (κ1) is 73.4. The summed E-state index contributed by atoms with van der Waals surface area (Å²) in [6.45, 7) is 18.6. The first-order valence-corrected chi connectivity index (χ1v) is 30.8. The minimum Gasteiger partial charge on any atom is -0.495 e. The lowest BCUT2D eigenvalue weighted by atomic mass is 9.88. The van der Waals surface area contributed by atoms with Gasteiger partial charge in [-0.2, -0.15) is 0 Å². The molecule has 484 valence electrons. The number of esters is 2. The van der Waals surface area contributed by atoms with Gasteiger partial charge < -0.3 is 58.7 Å². The summed E-state index contributed by atoms with van der Waals surface area (Å²) in [5.41, 5.74) is 1.10. The topological polar surface area (TPSA) is 270 Å². The first-order chi connectivity index (χ1) is 41.4. The van der Waals surface area contributed by atoms with Crippen molar-refractivity contribution in [3.8, 4) is 5.75 Å². The highest BCUT2D eigenvalue weighted by Crippen LogP contribution is 2.45. The number of benzene rings is 2. The molecule has 2 aromatic rings. The number of ketones is 3. The van der Waals surface area contributed by atoms with Crippen LogP contribution in [0.1, 0.15) is 136 Å². The molecule has 4 amide bonds. The smallest absolute Gasteiger partial charge is 0.347 e. The molecule has 0 aromatic heterocycles. The van der Waals surface area contributed by atoms with Crippen LogP contribution in [-0.4, -0.2) is 168 Å². The normalized spacial score (nSPS) is 20.5. The number of Topliss-reactive ketones (excluding diaryl/α,β-unsaturated/α-hetero) is 3. The fraction of sp³-hybridized carbons (Fsp3) is 0.646. The summed E-state index contributed by atoms with van der Waals surface area (Å²) in [5.74, 6) is -4.62. The van der Waals surface area contributed by atoms with Gasteiger partial charge in [-0.05, 0) is 80.3 Å². The van der Waals surface area contributed by atoms with Crippen LogP contribution >= 0.6 is 11.6 Å². The third-order valence-electron chi connectivity index (χ3n) is 15.4. The van der Waals surface area contributed by atoms with Gasteiger partial charge in [-0.15, -0.1) is 0 Å². The van der Waals surface area contributed by atoms with E-state index in [9.17, 15) is 43.2 Å². The van der Waals surface area contributed by atoms with Gasteiger partial charge in [0.1, 0.15) is 35.6 Å². The van der Waals surface area contributed by atoms with Crippen LogP contribution in [0.2, 0.25) is 5.02 Å². The number of rotatable bonds is 36. The summed E-state index contributed by atoms with van der Waals surface area (Å²) < 4.78 is 44.9. The van der Waals surface area contributed by atoms with E-state index in [1.807, 2.05) is 58.9 Å². The zero-order valence-corrected chi connectivity index (χ0v) is 53.6. The molecule has 0 spiro atoms. The summed E-state index contributed by atoms with van der Waals surface area (Å²) in [5, 5.41) is 8.71. The molecule has 2 aliphatic rings. The Balaban J connectivity index is 1.33. The first-order valence-electron chi connectivity index (χ1n) is 30.5.